The number of methoxy groups -OCH3 is 1. The monoisotopic (exact) mass is 303 g/mol. The molecule has 1 aromatic rings. The molecule has 4 heteroatoms. The van der Waals surface area contributed by atoms with Gasteiger partial charge in [-0.1, -0.05) is 19.1 Å². The van der Waals surface area contributed by atoms with Crippen LogP contribution < -0.4 is 10.1 Å². The summed E-state index contributed by atoms with van der Waals surface area (Å²) in [4.78, 5) is 11.7. The summed E-state index contributed by atoms with van der Waals surface area (Å²) in [6.45, 7) is 4.99. The van der Waals surface area contributed by atoms with E-state index in [1.807, 2.05) is 12.1 Å². The zero-order valence-corrected chi connectivity index (χ0v) is 13.4. The summed E-state index contributed by atoms with van der Waals surface area (Å²) < 4.78 is 10.8. The maximum absolute atomic E-state index is 11.7. The van der Waals surface area contributed by atoms with E-state index in [-0.39, 0.29) is 17.3 Å². The van der Waals surface area contributed by atoms with Crippen LogP contribution in [0.4, 0.5) is 0 Å². The fourth-order valence-electron chi connectivity index (χ4n) is 3.06. The second-order valence-corrected chi connectivity index (χ2v) is 7.00. The Morgan fingerprint density at radius 2 is 2.18 bits per heavy atom. The van der Waals surface area contributed by atoms with Crippen LogP contribution in [0.2, 0.25) is 0 Å². The quantitative estimate of drug-likeness (QED) is 0.787. The number of esters is 1. The molecule has 0 amide bonds. The normalized spacial score (nSPS) is 20.8. The molecule has 2 aliphatic rings. The minimum atomic E-state index is -0.128. The Hall–Kier alpha value is -1.55. The molecule has 0 bridgehead atoms. The van der Waals surface area contributed by atoms with Crippen molar-refractivity contribution in [3.05, 3.63) is 29.8 Å². The van der Waals surface area contributed by atoms with Crippen LogP contribution in [-0.4, -0.2) is 32.8 Å². The second kappa shape index (κ2) is 6.29. The molecule has 22 heavy (non-hydrogen) atoms. The van der Waals surface area contributed by atoms with E-state index in [0.717, 1.165) is 25.4 Å². The van der Waals surface area contributed by atoms with Crippen molar-refractivity contribution in [3.8, 4) is 5.75 Å². The van der Waals surface area contributed by atoms with Gasteiger partial charge in [0.05, 0.1) is 20.1 Å². The molecule has 120 valence electrons. The van der Waals surface area contributed by atoms with E-state index in [4.69, 9.17) is 9.47 Å². The lowest BCUT2D eigenvalue weighted by atomic mass is 9.85. The van der Waals surface area contributed by atoms with Gasteiger partial charge in [0.15, 0.2) is 0 Å². The molecule has 0 radical (unpaired) electrons. The predicted octanol–water partition coefficient (Wildman–Crippen LogP) is 2.73. The van der Waals surface area contributed by atoms with Gasteiger partial charge in [0.1, 0.15) is 5.75 Å². The highest BCUT2D eigenvalue weighted by molar-refractivity contribution is 5.70. The SMILES string of the molecule is COC(=O)CC(c1cccc(OCC2(C)CNC2)c1)C1CC1. The topological polar surface area (TPSA) is 47.6 Å². The fourth-order valence-corrected chi connectivity index (χ4v) is 3.06. The van der Waals surface area contributed by atoms with Crippen molar-refractivity contribution in [2.45, 2.75) is 32.1 Å². The Balaban J connectivity index is 1.67. The van der Waals surface area contributed by atoms with Crippen molar-refractivity contribution in [1.82, 2.24) is 5.32 Å². The largest absolute Gasteiger partial charge is 0.493 e. The maximum Gasteiger partial charge on any atom is 0.306 e. The Morgan fingerprint density at radius 1 is 1.41 bits per heavy atom. The third-order valence-corrected chi connectivity index (χ3v) is 4.78. The van der Waals surface area contributed by atoms with Crippen LogP contribution >= 0.6 is 0 Å². The summed E-state index contributed by atoms with van der Waals surface area (Å²) in [7, 11) is 1.46. The molecule has 3 rings (SSSR count). The Kier molecular flexibility index (Phi) is 4.39. The van der Waals surface area contributed by atoms with Crippen molar-refractivity contribution in [3.63, 3.8) is 0 Å². The number of carbonyl (C=O) groups is 1. The summed E-state index contributed by atoms with van der Waals surface area (Å²) in [6.07, 6.45) is 2.87. The van der Waals surface area contributed by atoms with Crippen molar-refractivity contribution in [1.29, 1.82) is 0 Å². The van der Waals surface area contributed by atoms with E-state index < -0.39 is 0 Å². The van der Waals surface area contributed by atoms with E-state index in [2.05, 4.69) is 24.4 Å². The molecule has 1 unspecified atom stereocenters. The molecule has 1 saturated carbocycles. The summed E-state index contributed by atoms with van der Waals surface area (Å²) in [5, 5.41) is 3.29. The van der Waals surface area contributed by atoms with Crippen molar-refractivity contribution in [2.24, 2.45) is 11.3 Å². The molecule has 0 aromatic heterocycles. The Bertz CT molecular complexity index is 535. The molecule has 1 N–H and O–H groups in total. The van der Waals surface area contributed by atoms with Gasteiger partial charge in [0.25, 0.3) is 0 Å². The van der Waals surface area contributed by atoms with Gasteiger partial charge < -0.3 is 14.8 Å². The summed E-state index contributed by atoms with van der Waals surface area (Å²) in [5.74, 6) is 1.65. The highest BCUT2D eigenvalue weighted by atomic mass is 16.5. The van der Waals surface area contributed by atoms with Crippen LogP contribution in [0.5, 0.6) is 5.75 Å². The average molecular weight is 303 g/mol. The van der Waals surface area contributed by atoms with Gasteiger partial charge in [-0.05, 0) is 42.4 Å². The van der Waals surface area contributed by atoms with Gasteiger partial charge in [0.2, 0.25) is 0 Å². The minimum Gasteiger partial charge on any atom is -0.493 e. The molecule has 1 saturated heterocycles. The lowest BCUT2D eigenvalue weighted by molar-refractivity contribution is -0.141. The first-order valence-electron chi connectivity index (χ1n) is 8.10. The maximum atomic E-state index is 11.7. The molecular weight excluding hydrogens is 278 g/mol. The first-order valence-corrected chi connectivity index (χ1v) is 8.10. The fraction of sp³-hybridized carbons (Fsp3) is 0.611. The zero-order valence-electron chi connectivity index (χ0n) is 13.4. The van der Waals surface area contributed by atoms with E-state index in [1.165, 1.54) is 25.5 Å². The highest BCUT2D eigenvalue weighted by Gasteiger charge is 2.35. The zero-order chi connectivity index (χ0) is 15.6. The predicted molar refractivity (Wildman–Crippen MR) is 85.0 cm³/mol. The third-order valence-electron chi connectivity index (χ3n) is 4.78. The van der Waals surface area contributed by atoms with Crippen molar-refractivity contribution >= 4 is 5.97 Å². The number of rotatable bonds is 7. The van der Waals surface area contributed by atoms with Crippen molar-refractivity contribution in [2.75, 3.05) is 26.8 Å². The molecule has 1 aromatic carbocycles. The number of carbonyl (C=O) groups excluding carboxylic acids is 1. The van der Waals surface area contributed by atoms with E-state index in [9.17, 15) is 4.79 Å². The van der Waals surface area contributed by atoms with Gasteiger partial charge in [-0.2, -0.15) is 0 Å². The van der Waals surface area contributed by atoms with E-state index in [0.29, 0.717) is 12.3 Å². The lowest BCUT2D eigenvalue weighted by Crippen LogP contribution is -2.54. The molecule has 2 fully saturated rings. The van der Waals surface area contributed by atoms with Crippen molar-refractivity contribution < 1.29 is 14.3 Å². The van der Waals surface area contributed by atoms with Gasteiger partial charge in [-0.3, -0.25) is 4.79 Å². The first kappa shape index (κ1) is 15.3. The molecule has 1 atom stereocenters. The summed E-state index contributed by atoms with van der Waals surface area (Å²) in [6, 6.07) is 8.23. The molecule has 1 heterocycles. The van der Waals surface area contributed by atoms with Crippen LogP contribution in [-0.2, 0) is 9.53 Å². The Labute approximate surface area is 132 Å². The lowest BCUT2D eigenvalue weighted by Gasteiger charge is -2.38. The molecule has 1 aliphatic heterocycles. The minimum absolute atomic E-state index is 0.128. The van der Waals surface area contributed by atoms with Gasteiger partial charge in [-0.25, -0.2) is 0 Å². The molecule has 0 spiro atoms. The average Bonchev–Trinajstić information content (AvgIpc) is 3.33. The molecule has 1 aliphatic carbocycles. The molecule has 4 nitrogen and oxygen atoms in total. The number of ether oxygens (including phenoxy) is 2. The standard InChI is InChI=1S/C18H25NO3/c1-18(10-19-11-18)12-22-15-5-3-4-14(8-15)16(13-6-7-13)9-17(20)21-2/h3-5,8,13,16,19H,6-7,9-12H2,1-2H3. The van der Waals surface area contributed by atoms with E-state index >= 15 is 0 Å². The van der Waals surface area contributed by atoms with Crippen LogP contribution in [0.3, 0.4) is 0 Å². The first-order chi connectivity index (χ1) is 10.6. The third kappa shape index (κ3) is 3.61. The van der Waals surface area contributed by atoms with Gasteiger partial charge in [0, 0.05) is 18.5 Å². The smallest absolute Gasteiger partial charge is 0.306 e. The van der Waals surface area contributed by atoms with Crippen LogP contribution in [0.15, 0.2) is 24.3 Å². The van der Waals surface area contributed by atoms with Gasteiger partial charge in [-0.15, -0.1) is 0 Å². The van der Waals surface area contributed by atoms with Crippen LogP contribution in [0.25, 0.3) is 0 Å². The number of nitrogens with one attached hydrogen (secondary N) is 1. The van der Waals surface area contributed by atoms with Crippen LogP contribution in [0.1, 0.15) is 37.7 Å². The van der Waals surface area contributed by atoms with E-state index in [1.54, 1.807) is 0 Å². The number of hydrogen-bond acceptors (Lipinski definition) is 4. The highest BCUT2D eigenvalue weighted by Crippen LogP contribution is 2.45. The number of benzene rings is 1. The molecular formula is C18H25NO3. The summed E-state index contributed by atoms with van der Waals surface area (Å²) in [5.41, 5.74) is 1.44. The number of hydrogen-bond donors (Lipinski definition) is 1. The van der Waals surface area contributed by atoms with Gasteiger partial charge >= 0.3 is 5.97 Å². The van der Waals surface area contributed by atoms with Crippen LogP contribution in [0, 0.1) is 11.3 Å². The summed E-state index contributed by atoms with van der Waals surface area (Å²) >= 11 is 0. The second-order valence-electron chi connectivity index (χ2n) is 7.00. The Morgan fingerprint density at radius 3 is 2.77 bits per heavy atom.